The second kappa shape index (κ2) is 7.23. The van der Waals surface area contributed by atoms with Gasteiger partial charge in [-0.15, -0.1) is 0 Å². The van der Waals surface area contributed by atoms with Gasteiger partial charge in [0.15, 0.2) is 0 Å². The average Bonchev–Trinajstić information content (AvgIpc) is 2.85. The predicted molar refractivity (Wildman–Crippen MR) is 90.8 cm³/mol. The van der Waals surface area contributed by atoms with Gasteiger partial charge in [-0.1, -0.05) is 5.11 Å². The van der Waals surface area contributed by atoms with Gasteiger partial charge in [0.05, 0.1) is 0 Å². The summed E-state index contributed by atoms with van der Waals surface area (Å²) in [5, 5.41) is 6.18. The Labute approximate surface area is 140 Å². The topological polar surface area (TPSA) is 107 Å². The lowest BCUT2D eigenvalue weighted by atomic mass is 10.1. The van der Waals surface area contributed by atoms with Gasteiger partial charge in [-0.2, -0.15) is 0 Å². The summed E-state index contributed by atoms with van der Waals surface area (Å²) in [7, 11) is 0. The summed E-state index contributed by atoms with van der Waals surface area (Å²) in [5.41, 5.74) is 9.14. The molecule has 8 nitrogen and oxygen atoms in total. The second-order valence-corrected chi connectivity index (χ2v) is 6.66. The van der Waals surface area contributed by atoms with Crippen LogP contribution in [0.1, 0.15) is 27.2 Å². The number of hydrogen-bond acceptors (Lipinski definition) is 4. The molecule has 1 aromatic carbocycles. The highest BCUT2D eigenvalue weighted by Gasteiger charge is 2.30. The number of amides is 2. The molecule has 1 aliphatic heterocycles. The zero-order valence-corrected chi connectivity index (χ0v) is 14.0. The van der Waals surface area contributed by atoms with Crippen molar-refractivity contribution in [2.24, 2.45) is 11.0 Å². The Kier molecular flexibility index (Phi) is 5.31. The van der Waals surface area contributed by atoms with E-state index in [0.29, 0.717) is 25.2 Å². The lowest BCUT2D eigenvalue weighted by Crippen LogP contribution is -2.27. The van der Waals surface area contributed by atoms with Crippen LogP contribution in [0.3, 0.4) is 0 Å². The molecule has 1 saturated heterocycles. The van der Waals surface area contributed by atoms with Crippen LogP contribution < -0.4 is 10.2 Å². The molecule has 2 amide bonds. The van der Waals surface area contributed by atoms with Crippen LogP contribution in [0.5, 0.6) is 0 Å². The van der Waals surface area contributed by atoms with Gasteiger partial charge in [0.2, 0.25) is 5.91 Å². The number of carbonyl (C=O) groups is 2. The molecule has 1 atom stereocenters. The van der Waals surface area contributed by atoms with Crippen molar-refractivity contribution in [1.82, 2.24) is 0 Å². The Bertz CT molecular complexity index is 659. The first-order chi connectivity index (χ1) is 11.3. The van der Waals surface area contributed by atoms with E-state index < -0.39 is 11.7 Å². The first-order valence-corrected chi connectivity index (χ1v) is 7.70. The van der Waals surface area contributed by atoms with Crippen molar-refractivity contribution in [3.8, 4) is 0 Å². The molecule has 128 valence electrons. The molecule has 1 unspecified atom stereocenters. The fraction of sp³-hybridized carbons (Fsp3) is 0.500. The molecule has 0 aromatic heterocycles. The van der Waals surface area contributed by atoms with Crippen LogP contribution in [-0.2, 0) is 9.53 Å². The highest BCUT2D eigenvalue weighted by molar-refractivity contribution is 5.96. The standard InChI is InChI=1S/C16H21N5O3/c1-16(2,3)24-15(23)19-12-4-6-13(7-5-12)21-10-11(8-14(21)22)9-18-20-17/h4-7,11H,8-10H2,1-3H3,(H,19,23). The van der Waals surface area contributed by atoms with Gasteiger partial charge in [0.1, 0.15) is 5.60 Å². The van der Waals surface area contributed by atoms with Gasteiger partial charge in [-0.3, -0.25) is 10.1 Å². The third kappa shape index (κ3) is 4.89. The molecule has 0 spiro atoms. The number of benzene rings is 1. The van der Waals surface area contributed by atoms with E-state index in [-0.39, 0.29) is 11.8 Å². The maximum Gasteiger partial charge on any atom is 0.412 e. The van der Waals surface area contributed by atoms with E-state index in [1.165, 1.54) is 0 Å². The van der Waals surface area contributed by atoms with Crippen molar-refractivity contribution >= 4 is 23.4 Å². The number of ether oxygens (including phenoxy) is 1. The number of nitrogens with zero attached hydrogens (tertiary/aromatic N) is 4. The van der Waals surface area contributed by atoms with Gasteiger partial charge < -0.3 is 9.64 Å². The van der Waals surface area contributed by atoms with Crippen LogP contribution in [0.4, 0.5) is 16.2 Å². The van der Waals surface area contributed by atoms with Crippen molar-refractivity contribution in [3.05, 3.63) is 34.7 Å². The molecule has 0 aliphatic carbocycles. The van der Waals surface area contributed by atoms with E-state index in [9.17, 15) is 9.59 Å². The van der Waals surface area contributed by atoms with Crippen molar-refractivity contribution < 1.29 is 14.3 Å². The zero-order chi connectivity index (χ0) is 17.7. The largest absolute Gasteiger partial charge is 0.444 e. The summed E-state index contributed by atoms with van der Waals surface area (Å²) in [6.45, 7) is 6.22. The number of anilines is 2. The number of hydrogen-bond donors (Lipinski definition) is 1. The van der Waals surface area contributed by atoms with Gasteiger partial charge in [-0.05, 0) is 56.5 Å². The van der Waals surface area contributed by atoms with Crippen molar-refractivity contribution in [2.75, 3.05) is 23.3 Å². The van der Waals surface area contributed by atoms with E-state index in [0.717, 1.165) is 5.69 Å². The molecular formula is C16H21N5O3. The van der Waals surface area contributed by atoms with Crippen LogP contribution in [-0.4, -0.2) is 30.7 Å². The lowest BCUT2D eigenvalue weighted by Gasteiger charge is -2.20. The molecule has 1 aromatic rings. The van der Waals surface area contributed by atoms with Crippen LogP contribution in [0.15, 0.2) is 29.4 Å². The second-order valence-electron chi connectivity index (χ2n) is 6.66. The lowest BCUT2D eigenvalue weighted by molar-refractivity contribution is -0.117. The summed E-state index contributed by atoms with van der Waals surface area (Å²) >= 11 is 0. The fourth-order valence-electron chi connectivity index (χ4n) is 2.45. The summed E-state index contributed by atoms with van der Waals surface area (Å²) in [5.74, 6) is 0.0361. The Hall–Kier alpha value is -2.73. The molecule has 24 heavy (non-hydrogen) atoms. The van der Waals surface area contributed by atoms with E-state index in [4.69, 9.17) is 10.3 Å². The number of nitrogens with one attached hydrogen (secondary N) is 1. The number of carbonyl (C=O) groups excluding carboxylic acids is 2. The van der Waals surface area contributed by atoms with E-state index >= 15 is 0 Å². The first-order valence-electron chi connectivity index (χ1n) is 7.70. The minimum absolute atomic E-state index is 0.000918. The Morgan fingerprint density at radius 3 is 2.67 bits per heavy atom. The zero-order valence-electron chi connectivity index (χ0n) is 14.0. The Balaban J connectivity index is 1.98. The van der Waals surface area contributed by atoms with E-state index in [1.54, 1.807) is 49.9 Å². The summed E-state index contributed by atoms with van der Waals surface area (Å²) in [4.78, 5) is 28.2. The van der Waals surface area contributed by atoms with E-state index in [2.05, 4.69) is 15.3 Å². The van der Waals surface area contributed by atoms with Crippen molar-refractivity contribution in [1.29, 1.82) is 0 Å². The average molecular weight is 331 g/mol. The van der Waals surface area contributed by atoms with Gasteiger partial charge >= 0.3 is 6.09 Å². The van der Waals surface area contributed by atoms with Crippen LogP contribution >= 0.6 is 0 Å². The Morgan fingerprint density at radius 2 is 2.08 bits per heavy atom. The molecule has 1 N–H and O–H groups in total. The molecule has 1 heterocycles. The molecule has 2 rings (SSSR count). The third-order valence-corrected chi connectivity index (χ3v) is 3.43. The predicted octanol–water partition coefficient (Wildman–Crippen LogP) is 3.70. The molecular weight excluding hydrogens is 310 g/mol. The van der Waals surface area contributed by atoms with Crippen LogP contribution in [0.25, 0.3) is 10.4 Å². The SMILES string of the molecule is CC(C)(C)OC(=O)Nc1ccc(N2CC(CN=[N+]=[N-])CC2=O)cc1. The smallest absolute Gasteiger partial charge is 0.412 e. The third-order valence-electron chi connectivity index (χ3n) is 3.43. The maximum atomic E-state index is 12.1. The summed E-state index contributed by atoms with van der Waals surface area (Å²) in [6.07, 6.45) is -0.154. The quantitative estimate of drug-likeness (QED) is 0.516. The highest BCUT2D eigenvalue weighted by Crippen LogP contribution is 2.26. The maximum absolute atomic E-state index is 12.1. The summed E-state index contributed by atoms with van der Waals surface area (Å²) < 4.78 is 5.19. The normalized spacial score (nSPS) is 17.4. The molecule has 1 fully saturated rings. The Morgan fingerprint density at radius 1 is 1.42 bits per heavy atom. The summed E-state index contributed by atoms with van der Waals surface area (Å²) in [6, 6.07) is 6.96. The van der Waals surface area contributed by atoms with Gasteiger partial charge in [-0.25, -0.2) is 4.79 Å². The molecule has 0 saturated carbocycles. The number of rotatable bonds is 4. The van der Waals surface area contributed by atoms with Crippen LogP contribution in [0, 0.1) is 5.92 Å². The van der Waals surface area contributed by atoms with Crippen molar-refractivity contribution in [2.45, 2.75) is 32.8 Å². The molecule has 8 heteroatoms. The minimum atomic E-state index is -0.563. The minimum Gasteiger partial charge on any atom is -0.444 e. The van der Waals surface area contributed by atoms with Gasteiger partial charge in [0, 0.05) is 35.8 Å². The molecule has 0 bridgehead atoms. The fourth-order valence-corrected chi connectivity index (χ4v) is 2.45. The molecule has 1 aliphatic rings. The van der Waals surface area contributed by atoms with Crippen molar-refractivity contribution in [3.63, 3.8) is 0 Å². The number of azide groups is 1. The first kappa shape index (κ1) is 17.6. The highest BCUT2D eigenvalue weighted by atomic mass is 16.6. The monoisotopic (exact) mass is 331 g/mol. The van der Waals surface area contributed by atoms with Gasteiger partial charge in [0.25, 0.3) is 0 Å². The molecule has 0 radical (unpaired) electrons. The van der Waals surface area contributed by atoms with E-state index in [1.807, 2.05) is 0 Å². The van der Waals surface area contributed by atoms with Crippen LogP contribution in [0.2, 0.25) is 0 Å².